The Bertz CT molecular complexity index is 1070. The summed E-state index contributed by atoms with van der Waals surface area (Å²) in [6, 6.07) is 21.2. The van der Waals surface area contributed by atoms with E-state index < -0.39 is 8.07 Å². The number of fused-ring (bicyclic) bond motifs is 3. The lowest BCUT2D eigenvalue weighted by Gasteiger charge is -2.46. The Morgan fingerprint density at radius 1 is 1.12 bits per heavy atom. The summed E-state index contributed by atoms with van der Waals surface area (Å²) in [6.07, 6.45) is 9.47. The third-order valence-electron chi connectivity index (χ3n) is 7.34. The topological polar surface area (TPSA) is 41.1 Å². The van der Waals surface area contributed by atoms with Crippen molar-refractivity contribution in [3.8, 4) is 0 Å². The highest BCUT2D eigenvalue weighted by Gasteiger charge is 2.50. The average Bonchev–Trinajstić information content (AvgIpc) is 3.30. The molecule has 0 aliphatic carbocycles. The van der Waals surface area contributed by atoms with E-state index in [1.54, 1.807) is 0 Å². The van der Waals surface area contributed by atoms with Crippen molar-refractivity contribution < 1.29 is 4.74 Å². The lowest BCUT2D eigenvalue weighted by molar-refractivity contribution is 0.00728. The minimum atomic E-state index is -1.13. The maximum atomic E-state index is 6.40. The van der Waals surface area contributed by atoms with Crippen LogP contribution in [0, 0.1) is 0 Å². The van der Waals surface area contributed by atoms with Gasteiger partial charge in [-0.3, -0.25) is 4.90 Å². The second-order valence-electron chi connectivity index (χ2n) is 11.0. The number of imidazole rings is 1. The molecule has 1 aromatic heterocycles. The molecule has 1 fully saturated rings. The van der Waals surface area contributed by atoms with Crippen molar-refractivity contribution in [2.75, 3.05) is 13.2 Å². The van der Waals surface area contributed by atoms with E-state index in [9.17, 15) is 0 Å². The zero-order valence-corrected chi connectivity index (χ0v) is 21.3. The summed E-state index contributed by atoms with van der Waals surface area (Å²) in [6.45, 7) is 8.77. The number of hydrogen-bond acceptors (Lipinski definition) is 3. The lowest BCUT2D eigenvalue weighted by Crippen LogP contribution is -2.52. The molecule has 174 valence electrons. The highest BCUT2D eigenvalue weighted by molar-refractivity contribution is 6.76. The third-order valence-corrected chi connectivity index (χ3v) is 9.04. The molecule has 2 aliphatic rings. The molecule has 2 bridgehead atoms. The van der Waals surface area contributed by atoms with E-state index in [2.05, 4.69) is 96.3 Å². The van der Waals surface area contributed by atoms with Gasteiger partial charge in [0, 0.05) is 26.3 Å². The van der Waals surface area contributed by atoms with Crippen LogP contribution in [0.3, 0.4) is 0 Å². The fourth-order valence-electron chi connectivity index (χ4n) is 5.64. The summed E-state index contributed by atoms with van der Waals surface area (Å²) in [7, 11) is -1.13. The molecule has 5 heteroatoms. The van der Waals surface area contributed by atoms with Crippen LogP contribution in [0.2, 0.25) is 25.7 Å². The Balaban J connectivity index is 1.48. The van der Waals surface area contributed by atoms with Gasteiger partial charge in [-0.15, -0.1) is 0 Å². The first-order chi connectivity index (χ1) is 15.9. The predicted octanol–water partition coefficient (Wildman–Crippen LogP) is 6.36. The average molecular weight is 460 g/mol. The fourth-order valence-corrected chi connectivity index (χ4v) is 6.40. The Kier molecular flexibility index (Phi) is 6.30. The number of rotatable bonds is 9. The summed E-state index contributed by atoms with van der Waals surface area (Å²) in [5.74, 6) is 1.05. The molecular weight excluding hydrogens is 422 g/mol. The summed E-state index contributed by atoms with van der Waals surface area (Å²) >= 11 is 0. The van der Waals surface area contributed by atoms with Crippen molar-refractivity contribution >= 4 is 19.1 Å². The zero-order chi connectivity index (χ0) is 22.9. The molecule has 4 nitrogen and oxygen atoms in total. The van der Waals surface area contributed by atoms with E-state index in [0.29, 0.717) is 12.6 Å². The summed E-state index contributed by atoms with van der Waals surface area (Å²) < 4.78 is 6.40. The zero-order valence-electron chi connectivity index (χ0n) is 20.3. The molecule has 0 saturated carbocycles. The molecule has 1 saturated heterocycles. The monoisotopic (exact) mass is 459 g/mol. The van der Waals surface area contributed by atoms with E-state index >= 15 is 0 Å². The summed E-state index contributed by atoms with van der Waals surface area (Å²) in [5.41, 5.74) is 3.57. The van der Waals surface area contributed by atoms with Crippen LogP contribution in [0.5, 0.6) is 0 Å². The first kappa shape index (κ1) is 22.6. The number of hydrogen-bond donors (Lipinski definition) is 1. The maximum Gasteiger partial charge on any atom is 0.127 e. The molecule has 0 radical (unpaired) electrons. The van der Waals surface area contributed by atoms with Gasteiger partial charge in [0.15, 0.2) is 0 Å². The predicted molar refractivity (Wildman–Crippen MR) is 139 cm³/mol. The maximum absolute atomic E-state index is 6.40. The van der Waals surface area contributed by atoms with Gasteiger partial charge in [-0.05, 0) is 49.4 Å². The highest BCUT2D eigenvalue weighted by Crippen LogP contribution is 2.47. The number of para-hydroxylation sites is 2. The molecule has 0 amide bonds. The number of H-pyrrole nitrogens is 1. The van der Waals surface area contributed by atoms with Gasteiger partial charge in [-0.25, -0.2) is 4.98 Å². The van der Waals surface area contributed by atoms with Crippen molar-refractivity contribution in [3.63, 3.8) is 0 Å². The Morgan fingerprint density at radius 2 is 1.91 bits per heavy atom. The Morgan fingerprint density at radius 3 is 2.70 bits per heavy atom. The first-order valence-electron chi connectivity index (χ1n) is 12.5. The molecule has 1 N–H and O–H groups in total. The molecule has 3 unspecified atom stereocenters. The molecule has 0 spiro atoms. The molecule has 2 aliphatic heterocycles. The minimum absolute atomic E-state index is 0.0239. The molecule has 3 heterocycles. The molecule has 5 rings (SSSR count). The van der Waals surface area contributed by atoms with Crippen LogP contribution in [-0.4, -0.2) is 47.7 Å². The molecular formula is C28H37N3OSi. The van der Waals surface area contributed by atoms with Gasteiger partial charge >= 0.3 is 0 Å². The largest absolute Gasteiger partial charge is 0.380 e. The van der Waals surface area contributed by atoms with Gasteiger partial charge in [0.25, 0.3) is 0 Å². The third kappa shape index (κ3) is 4.86. The smallest absolute Gasteiger partial charge is 0.127 e. The molecule has 2 aromatic carbocycles. The van der Waals surface area contributed by atoms with E-state index in [1.165, 1.54) is 24.4 Å². The molecule has 3 atom stereocenters. The summed E-state index contributed by atoms with van der Waals surface area (Å²) in [5, 5.41) is 0. The Labute approximate surface area is 199 Å². The minimum Gasteiger partial charge on any atom is -0.380 e. The van der Waals surface area contributed by atoms with Gasteiger partial charge in [-0.2, -0.15) is 0 Å². The normalized spacial score (nSPS) is 23.9. The first-order valence-corrected chi connectivity index (χ1v) is 16.2. The molecule has 3 aromatic rings. The van der Waals surface area contributed by atoms with Crippen molar-refractivity contribution in [2.24, 2.45) is 0 Å². The number of nitrogens with zero attached hydrogens (tertiary/aromatic N) is 2. The standard InChI is InChI=1S/C28H37N3OSi/c1-33(2,3)19-18-32-21-26(27-29-24-13-7-8-14-25(24)30-27)31-23-12-9-16-28(31,17-15-23)20-22-10-5-4-6-11-22/h4-11,13-14,16,23,26H,12,15,17-21H2,1-3H3,(H,29,30). The van der Waals surface area contributed by atoms with Crippen LogP contribution in [0.15, 0.2) is 66.7 Å². The van der Waals surface area contributed by atoms with Gasteiger partial charge in [0.1, 0.15) is 5.82 Å². The van der Waals surface area contributed by atoms with Crippen LogP contribution in [0.4, 0.5) is 0 Å². The van der Waals surface area contributed by atoms with Crippen LogP contribution < -0.4 is 0 Å². The van der Waals surface area contributed by atoms with E-state index in [-0.39, 0.29) is 11.6 Å². The fraction of sp³-hybridized carbons (Fsp3) is 0.464. The SMILES string of the molecule is C[Si](C)(C)CCOCC(c1nc2ccccc2[nH]1)N1C2CC=CC1(Cc1ccccc1)CC2. The van der Waals surface area contributed by atoms with E-state index in [1.807, 2.05) is 0 Å². The summed E-state index contributed by atoms with van der Waals surface area (Å²) in [4.78, 5) is 11.5. The van der Waals surface area contributed by atoms with Crippen LogP contribution in [0.25, 0.3) is 11.0 Å². The number of aromatic nitrogens is 2. The van der Waals surface area contributed by atoms with E-state index in [4.69, 9.17) is 9.72 Å². The van der Waals surface area contributed by atoms with Crippen molar-refractivity contribution in [2.45, 2.75) is 69.0 Å². The highest BCUT2D eigenvalue weighted by atomic mass is 28.3. The number of aromatic amines is 1. The number of nitrogens with one attached hydrogen (secondary N) is 1. The second-order valence-corrected chi connectivity index (χ2v) is 16.7. The number of ether oxygens (including phenoxy) is 1. The van der Waals surface area contributed by atoms with Crippen LogP contribution >= 0.6 is 0 Å². The Hall–Kier alpha value is -2.21. The van der Waals surface area contributed by atoms with Gasteiger partial charge in [-0.1, -0.05) is 74.3 Å². The number of benzene rings is 2. The van der Waals surface area contributed by atoms with E-state index in [0.717, 1.165) is 36.3 Å². The van der Waals surface area contributed by atoms with Crippen LogP contribution in [0.1, 0.15) is 36.7 Å². The molecule has 33 heavy (non-hydrogen) atoms. The lowest BCUT2D eigenvalue weighted by atomic mass is 9.85. The van der Waals surface area contributed by atoms with Crippen molar-refractivity contribution in [1.29, 1.82) is 0 Å². The second kappa shape index (κ2) is 9.20. The van der Waals surface area contributed by atoms with Crippen LogP contribution in [-0.2, 0) is 11.2 Å². The van der Waals surface area contributed by atoms with Gasteiger partial charge in [0.2, 0.25) is 0 Å². The quantitative estimate of drug-likeness (QED) is 0.230. The van der Waals surface area contributed by atoms with Gasteiger partial charge < -0.3 is 9.72 Å². The van der Waals surface area contributed by atoms with Gasteiger partial charge in [0.05, 0.1) is 23.7 Å². The van der Waals surface area contributed by atoms with Crippen molar-refractivity contribution in [3.05, 3.63) is 78.1 Å². The van der Waals surface area contributed by atoms with Crippen molar-refractivity contribution in [1.82, 2.24) is 14.9 Å².